The van der Waals surface area contributed by atoms with Gasteiger partial charge in [0.1, 0.15) is 0 Å². The maximum absolute atomic E-state index is 13.8. The average Bonchev–Trinajstić information content (AvgIpc) is 3.42. The number of hydrogen-bond acceptors (Lipinski definition) is 9. The van der Waals surface area contributed by atoms with Crippen LogP contribution in [0.1, 0.15) is 66.2 Å². The maximum Gasteiger partial charge on any atom is 0.254 e. The molecule has 1 aliphatic carbocycles. The van der Waals surface area contributed by atoms with E-state index >= 15 is 0 Å². The van der Waals surface area contributed by atoms with Gasteiger partial charge in [0.25, 0.3) is 17.3 Å². The van der Waals surface area contributed by atoms with Crippen molar-refractivity contribution in [2.24, 2.45) is 5.92 Å². The molecule has 10 nitrogen and oxygen atoms in total. The summed E-state index contributed by atoms with van der Waals surface area (Å²) in [5.74, 6) is 0.582. The minimum absolute atomic E-state index is 0.0889. The molecule has 1 aromatic carbocycles. The summed E-state index contributed by atoms with van der Waals surface area (Å²) in [4.78, 5) is 36.9. The number of nitrogens with zero attached hydrogens (tertiary/aromatic N) is 2. The monoisotopic (exact) mass is 636 g/mol. The average molecular weight is 637 g/mol. The van der Waals surface area contributed by atoms with Crippen molar-refractivity contribution in [1.29, 1.82) is 0 Å². The second-order valence-corrected chi connectivity index (χ2v) is 13.0. The minimum Gasteiger partial charge on any atom is -0.481 e. The predicted molar refractivity (Wildman–Crippen MR) is 175 cm³/mol. The lowest BCUT2D eigenvalue weighted by Crippen LogP contribution is -2.47. The molecule has 11 heteroatoms. The summed E-state index contributed by atoms with van der Waals surface area (Å²) in [6.45, 7) is 6.87. The standard InChI is InChI=1S/C34H44N4O6S/c1-20-16-28(45-6)27(33(41)37-20)19-36-32(40)25-17-26(22-8-13-29(42-5)35-18-22)31-30(21(25)2)43-34(3,44-31)23-9-11-24(12-10-23)38(4)14-7-15-39/h8,13,16-18,23-24,39H,7,9-12,14-15,19H2,1-6H3,(H,36,40)(H,37,41). The number of ether oxygens (including phenoxy) is 3. The quantitative estimate of drug-likeness (QED) is 0.247. The number of hydrogen-bond donors (Lipinski definition) is 3. The molecule has 1 unspecified atom stereocenters. The zero-order chi connectivity index (χ0) is 32.3. The van der Waals surface area contributed by atoms with Gasteiger partial charge in [0.2, 0.25) is 5.88 Å². The lowest BCUT2D eigenvalue weighted by Gasteiger charge is -2.40. The third kappa shape index (κ3) is 6.85. The molecule has 1 amide bonds. The van der Waals surface area contributed by atoms with Crippen molar-refractivity contribution in [2.75, 3.05) is 33.6 Å². The molecule has 2 aromatic heterocycles. The molecule has 5 rings (SSSR count). The van der Waals surface area contributed by atoms with Crippen LogP contribution in [0.25, 0.3) is 11.1 Å². The van der Waals surface area contributed by atoms with Gasteiger partial charge in [0.05, 0.1) is 7.11 Å². The number of nitrogens with one attached hydrogen (secondary N) is 2. The summed E-state index contributed by atoms with van der Waals surface area (Å²) in [5, 5.41) is 12.2. The highest BCUT2D eigenvalue weighted by Crippen LogP contribution is 2.53. The number of aliphatic hydroxyl groups excluding tert-OH is 1. The molecule has 2 aliphatic rings. The molecule has 0 saturated heterocycles. The van der Waals surface area contributed by atoms with E-state index in [-0.39, 0.29) is 30.5 Å². The molecule has 3 N–H and O–H groups in total. The van der Waals surface area contributed by atoms with Crippen molar-refractivity contribution < 1.29 is 24.1 Å². The lowest BCUT2D eigenvalue weighted by molar-refractivity contribution is -0.123. The van der Waals surface area contributed by atoms with Crippen LogP contribution in [0.3, 0.4) is 0 Å². The second-order valence-electron chi connectivity index (χ2n) is 12.1. The zero-order valence-electron chi connectivity index (χ0n) is 27.0. The second kappa shape index (κ2) is 13.8. The minimum atomic E-state index is -0.895. The van der Waals surface area contributed by atoms with Gasteiger partial charge in [0, 0.05) is 89.2 Å². The van der Waals surface area contributed by atoms with Gasteiger partial charge in [-0.2, -0.15) is 0 Å². The first-order chi connectivity index (χ1) is 21.6. The van der Waals surface area contributed by atoms with Gasteiger partial charge < -0.3 is 34.5 Å². The third-order valence-corrected chi connectivity index (χ3v) is 10.0. The number of fused-ring (bicyclic) bond motifs is 1. The number of aliphatic hydroxyl groups is 1. The molecule has 3 aromatic rings. The summed E-state index contributed by atoms with van der Waals surface area (Å²) < 4.78 is 18.7. The van der Waals surface area contributed by atoms with Crippen molar-refractivity contribution in [3.05, 3.63) is 63.2 Å². The van der Waals surface area contributed by atoms with Crippen molar-refractivity contribution in [1.82, 2.24) is 20.2 Å². The van der Waals surface area contributed by atoms with Gasteiger partial charge in [-0.1, -0.05) is 0 Å². The van der Waals surface area contributed by atoms with Crippen LogP contribution in [0.2, 0.25) is 0 Å². The summed E-state index contributed by atoms with van der Waals surface area (Å²) in [5.41, 5.74) is 3.67. The topological polar surface area (TPSA) is 126 Å². The van der Waals surface area contributed by atoms with Crippen molar-refractivity contribution in [2.45, 2.75) is 76.1 Å². The Bertz CT molecular complexity index is 1580. The molecule has 0 bridgehead atoms. The van der Waals surface area contributed by atoms with E-state index in [0.717, 1.165) is 54.8 Å². The Kier molecular flexibility index (Phi) is 10.1. The highest BCUT2D eigenvalue weighted by Gasteiger charge is 2.47. The lowest BCUT2D eigenvalue weighted by atomic mass is 9.81. The summed E-state index contributed by atoms with van der Waals surface area (Å²) in [7, 11) is 3.69. The molecular formula is C34H44N4O6S. The first kappa shape index (κ1) is 32.8. The number of amides is 1. The number of methoxy groups -OCH3 is 1. The summed E-state index contributed by atoms with van der Waals surface area (Å²) >= 11 is 1.47. The summed E-state index contributed by atoms with van der Waals surface area (Å²) in [6, 6.07) is 7.87. The Balaban J connectivity index is 1.44. The number of aryl methyl sites for hydroxylation is 1. The van der Waals surface area contributed by atoms with Crippen LogP contribution in [0.15, 0.2) is 40.2 Å². The number of H-pyrrole nitrogens is 1. The van der Waals surface area contributed by atoms with E-state index < -0.39 is 5.79 Å². The Hall–Kier alpha value is -3.54. The smallest absolute Gasteiger partial charge is 0.254 e. The fourth-order valence-corrected chi connectivity index (χ4v) is 7.21. The van der Waals surface area contributed by atoms with Crippen molar-refractivity contribution in [3.63, 3.8) is 0 Å². The van der Waals surface area contributed by atoms with Gasteiger partial charge >= 0.3 is 0 Å². The fourth-order valence-electron chi connectivity index (χ4n) is 6.50. The van der Waals surface area contributed by atoms with Gasteiger partial charge in [-0.05, 0) is 77.5 Å². The first-order valence-electron chi connectivity index (χ1n) is 15.5. The van der Waals surface area contributed by atoms with E-state index in [4.69, 9.17) is 14.2 Å². The molecule has 1 fully saturated rings. The molecule has 3 heterocycles. The van der Waals surface area contributed by atoms with Crippen molar-refractivity contribution in [3.8, 4) is 28.5 Å². The maximum atomic E-state index is 13.8. The number of pyridine rings is 2. The number of thioether (sulfide) groups is 1. The number of aromatic amines is 1. The first-order valence-corrected chi connectivity index (χ1v) is 16.7. The normalized spacial score (nSPS) is 20.8. The third-order valence-electron chi connectivity index (χ3n) is 9.20. The number of carbonyl (C=O) groups is 1. The number of rotatable bonds is 11. The van der Waals surface area contributed by atoms with Crippen LogP contribution in [0.5, 0.6) is 17.4 Å². The number of aromatic nitrogens is 2. The Labute approximate surface area is 268 Å². The van der Waals surface area contributed by atoms with Gasteiger partial charge in [-0.3, -0.25) is 9.59 Å². The van der Waals surface area contributed by atoms with Crippen LogP contribution < -0.4 is 25.1 Å². The molecule has 1 atom stereocenters. The molecular weight excluding hydrogens is 592 g/mol. The van der Waals surface area contributed by atoms with Gasteiger partial charge in [0.15, 0.2) is 11.5 Å². The van der Waals surface area contributed by atoms with Gasteiger partial charge in [-0.25, -0.2) is 4.98 Å². The van der Waals surface area contributed by atoms with Crippen LogP contribution in [0, 0.1) is 19.8 Å². The van der Waals surface area contributed by atoms with Crippen molar-refractivity contribution >= 4 is 17.7 Å². The number of benzene rings is 1. The summed E-state index contributed by atoms with van der Waals surface area (Å²) in [6.07, 6.45) is 8.30. The van der Waals surface area contributed by atoms with Gasteiger partial charge in [-0.15, -0.1) is 11.8 Å². The molecule has 0 radical (unpaired) electrons. The van der Waals surface area contributed by atoms with E-state index in [0.29, 0.717) is 45.7 Å². The largest absolute Gasteiger partial charge is 0.481 e. The van der Waals surface area contributed by atoms with Crippen LogP contribution in [-0.2, 0) is 6.54 Å². The Morgan fingerprint density at radius 3 is 2.58 bits per heavy atom. The fraction of sp³-hybridized carbons (Fsp3) is 0.500. The highest BCUT2D eigenvalue weighted by atomic mass is 32.2. The van der Waals surface area contributed by atoms with Crippen LogP contribution >= 0.6 is 11.8 Å². The zero-order valence-corrected chi connectivity index (χ0v) is 27.8. The predicted octanol–water partition coefficient (Wildman–Crippen LogP) is 5.07. The highest BCUT2D eigenvalue weighted by molar-refractivity contribution is 7.98. The van der Waals surface area contributed by atoms with E-state index in [1.54, 1.807) is 19.4 Å². The van der Waals surface area contributed by atoms with E-state index in [1.165, 1.54) is 11.8 Å². The molecule has 1 saturated carbocycles. The molecule has 0 spiro atoms. The Morgan fingerprint density at radius 2 is 1.93 bits per heavy atom. The molecule has 45 heavy (non-hydrogen) atoms. The van der Waals surface area contributed by atoms with Crippen LogP contribution in [-0.4, -0.2) is 71.3 Å². The van der Waals surface area contributed by atoms with Crippen LogP contribution in [0.4, 0.5) is 0 Å². The molecule has 1 aliphatic heterocycles. The SMILES string of the molecule is COc1ccc(-c2cc(C(=O)NCc3c(SC)cc(C)[nH]c3=O)c(C)c3c2OC(C)(C2CCC(N(C)CCCO)CC2)O3)cn1. The number of carbonyl (C=O) groups excluding carboxylic acids is 1. The molecule has 242 valence electrons. The van der Waals surface area contributed by atoms with E-state index in [9.17, 15) is 14.7 Å². The van der Waals surface area contributed by atoms with E-state index in [2.05, 4.69) is 27.2 Å². The Morgan fingerprint density at radius 1 is 1.20 bits per heavy atom. The van der Waals surface area contributed by atoms with E-state index in [1.807, 2.05) is 45.2 Å².